The number of para-hydroxylation sites is 1. The molecule has 150 valence electrons. The Bertz CT molecular complexity index is 1290. The minimum atomic E-state index is -0.0101. The van der Waals surface area contributed by atoms with Crippen LogP contribution < -0.4 is 0 Å². The largest absolute Gasteiger partial charge is 0.336 e. The standard InChI is InChI=1S/C23H22N6O/c1-27-15-24-13-20(27)22(30)28-8-6-23(14-28)7-9-29-21(23)11-19(26-29)17-10-16-4-2-3-5-18(16)25-12-17/h2-5,10-13,15H,6-9,14H2,1H3. The Morgan fingerprint density at radius 3 is 2.83 bits per heavy atom. The molecule has 0 radical (unpaired) electrons. The first-order valence-electron chi connectivity index (χ1n) is 10.3. The summed E-state index contributed by atoms with van der Waals surface area (Å²) >= 11 is 0. The number of hydrogen-bond acceptors (Lipinski definition) is 4. The van der Waals surface area contributed by atoms with E-state index in [2.05, 4.69) is 32.8 Å². The van der Waals surface area contributed by atoms with Gasteiger partial charge in [0.2, 0.25) is 0 Å². The molecule has 30 heavy (non-hydrogen) atoms. The Morgan fingerprint density at radius 1 is 1.10 bits per heavy atom. The van der Waals surface area contributed by atoms with E-state index in [1.807, 2.05) is 36.3 Å². The van der Waals surface area contributed by atoms with Crippen molar-refractivity contribution in [2.24, 2.45) is 7.05 Å². The number of benzene rings is 1. The molecule has 0 N–H and O–H groups in total. The van der Waals surface area contributed by atoms with Crippen LogP contribution in [0.1, 0.15) is 29.0 Å². The van der Waals surface area contributed by atoms with E-state index in [0.29, 0.717) is 5.69 Å². The van der Waals surface area contributed by atoms with Gasteiger partial charge < -0.3 is 9.47 Å². The maximum Gasteiger partial charge on any atom is 0.272 e. The Hall–Kier alpha value is -3.48. The molecule has 6 rings (SSSR count). The Balaban J connectivity index is 1.31. The van der Waals surface area contributed by atoms with Gasteiger partial charge in [-0.2, -0.15) is 5.10 Å². The van der Waals surface area contributed by atoms with Crippen LogP contribution in [0.4, 0.5) is 0 Å². The van der Waals surface area contributed by atoms with Gasteiger partial charge in [-0.05, 0) is 31.0 Å². The van der Waals surface area contributed by atoms with E-state index in [1.165, 1.54) is 5.69 Å². The fourth-order valence-corrected chi connectivity index (χ4v) is 5.00. The summed E-state index contributed by atoms with van der Waals surface area (Å²) in [6, 6.07) is 12.5. The quantitative estimate of drug-likeness (QED) is 0.521. The van der Waals surface area contributed by atoms with Crippen molar-refractivity contribution in [3.05, 3.63) is 66.5 Å². The highest BCUT2D eigenvalue weighted by Gasteiger charge is 2.47. The van der Waals surface area contributed by atoms with Crippen molar-refractivity contribution in [3.63, 3.8) is 0 Å². The third-order valence-electron chi connectivity index (χ3n) is 6.69. The molecule has 3 aromatic heterocycles. The fourth-order valence-electron chi connectivity index (χ4n) is 5.00. The van der Waals surface area contributed by atoms with Crippen molar-refractivity contribution in [2.45, 2.75) is 24.8 Å². The molecule has 7 nitrogen and oxygen atoms in total. The minimum absolute atomic E-state index is 0.0101. The van der Waals surface area contributed by atoms with Crippen LogP contribution in [-0.2, 0) is 19.0 Å². The van der Waals surface area contributed by atoms with E-state index >= 15 is 0 Å². The van der Waals surface area contributed by atoms with Crippen molar-refractivity contribution < 1.29 is 4.79 Å². The number of fused-ring (bicyclic) bond motifs is 3. The van der Waals surface area contributed by atoms with Gasteiger partial charge in [0.25, 0.3) is 5.91 Å². The maximum absolute atomic E-state index is 13.0. The Morgan fingerprint density at radius 2 is 1.97 bits per heavy atom. The molecule has 1 saturated heterocycles. The number of nitrogens with zero attached hydrogens (tertiary/aromatic N) is 6. The van der Waals surface area contributed by atoms with Gasteiger partial charge in [0.15, 0.2) is 0 Å². The molecule has 0 saturated carbocycles. The molecule has 2 aliphatic rings. The maximum atomic E-state index is 13.0. The van der Waals surface area contributed by atoms with E-state index in [1.54, 1.807) is 17.1 Å². The number of carbonyl (C=O) groups excluding carboxylic acids is 1. The summed E-state index contributed by atoms with van der Waals surface area (Å²) < 4.78 is 3.92. The van der Waals surface area contributed by atoms with Crippen molar-refractivity contribution in [1.29, 1.82) is 0 Å². The summed E-state index contributed by atoms with van der Waals surface area (Å²) in [4.78, 5) is 23.6. The van der Waals surface area contributed by atoms with E-state index < -0.39 is 0 Å². The van der Waals surface area contributed by atoms with Gasteiger partial charge in [-0.15, -0.1) is 0 Å². The number of rotatable bonds is 2. The molecule has 2 aliphatic heterocycles. The summed E-state index contributed by atoms with van der Waals surface area (Å²) in [5, 5.41) is 6.00. The van der Waals surface area contributed by atoms with Crippen LogP contribution in [0.5, 0.6) is 0 Å². The van der Waals surface area contributed by atoms with Gasteiger partial charge in [-0.25, -0.2) is 4.98 Å². The van der Waals surface area contributed by atoms with Gasteiger partial charge in [-0.1, -0.05) is 18.2 Å². The summed E-state index contributed by atoms with van der Waals surface area (Å²) in [7, 11) is 1.86. The molecule has 0 aliphatic carbocycles. The third-order valence-corrected chi connectivity index (χ3v) is 6.69. The first kappa shape index (κ1) is 17.4. The van der Waals surface area contributed by atoms with E-state index in [9.17, 15) is 4.79 Å². The van der Waals surface area contributed by atoms with Gasteiger partial charge in [0.1, 0.15) is 5.69 Å². The van der Waals surface area contributed by atoms with Crippen LogP contribution >= 0.6 is 0 Å². The summed E-state index contributed by atoms with van der Waals surface area (Å²) in [6.07, 6.45) is 7.23. The molecule has 0 bridgehead atoms. The van der Waals surface area contributed by atoms with Crippen molar-refractivity contribution in [3.8, 4) is 11.3 Å². The highest BCUT2D eigenvalue weighted by molar-refractivity contribution is 5.92. The molecule has 5 heterocycles. The van der Waals surface area contributed by atoms with Crippen LogP contribution in [0.25, 0.3) is 22.2 Å². The van der Waals surface area contributed by atoms with Crippen molar-refractivity contribution in [2.75, 3.05) is 13.1 Å². The van der Waals surface area contributed by atoms with Crippen molar-refractivity contribution in [1.82, 2.24) is 29.2 Å². The van der Waals surface area contributed by atoms with Crippen LogP contribution in [0.15, 0.2) is 55.1 Å². The number of likely N-dealkylation sites (tertiary alicyclic amines) is 1. The number of aryl methyl sites for hydroxylation is 2. The zero-order valence-corrected chi connectivity index (χ0v) is 16.8. The number of pyridine rings is 1. The Kier molecular flexibility index (Phi) is 3.63. The molecular formula is C23H22N6O. The number of carbonyl (C=O) groups is 1. The molecule has 4 aromatic rings. The average Bonchev–Trinajstić information content (AvgIpc) is 3.54. The molecule has 1 spiro atoms. The van der Waals surface area contributed by atoms with Crippen LogP contribution in [0, 0.1) is 0 Å². The fraction of sp³-hybridized carbons (Fsp3) is 0.304. The lowest BCUT2D eigenvalue weighted by Crippen LogP contribution is -2.34. The normalized spacial score (nSPS) is 20.4. The Labute approximate surface area is 174 Å². The predicted octanol–water partition coefficient (Wildman–Crippen LogP) is 3.02. The van der Waals surface area contributed by atoms with Gasteiger partial charge in [-0.3, -0.25) is 14.5 Å². The lowest BCUT2D eigenvalue weighted by Gasteiger charge is -2.23. The smallest absolute Gasteiger partial charge is 0.272 e. The second-order valence-corrected chi connectivity index (χ2v) is 8.45. The molecule has 1 amide bonds. The van der Waals surface area contributed by atoms with Gasteiger partial charge in [0, 0.05) is 54.9 Å². The number of amides is 1. The van der Waals surface area contributed by atoms with Gasteiger partial charge in [0.05, 0.1) is 23.7 Å². The lowest BCUT2D eigenvalue weighted by atomic mass is 9.82. The van der Waals surface area contributed by atoms with E-state index in [-0.39, 0.29) is 11.3 Å². The summed E-state index contributed by atoms with van der Waals surface area (Å²) in [5.74, 6) is 0.0591. The van der Waals surface area contributed by atoms with Gasteiger partial charge >= 0.3 is 0 Å². The van der Waals surface area contributed by atoms with Crippen LogP contribution in [-0.4, -0.2) is 48.2 Å². The highest BCUT2D eigenvalue weighted by atomic mass is 16.2. The lowest BCUT2D eigenvalue weighted by molar-refractivity contribution is 0.0774. The van der Waals surface area contributed by atoms with Crippen LogP contribution in [0.3, 0.4) is 0 Å². The van der Waals surface area contributed by atoms with Crippen molar-refractivity contribution >= 4 is 16.8 Å². The summed E-state index contributed by atoms with van der Waals surface area (Å²) in [5.41, 5.74) is 4.85. The minimum Gasteiger partial charge on any atom is -0.336 e. The number of hydrogen-bond donors (Lipinski definition) is 0. The monoisotopic (exact) mass is 398 g/mol. The SMILES string of the molecule is Cn1cncc1C(=O)N1CCC2(CCn3nc(-c4cnc5ccccc5c4)cc32)C1. The first-order valence-corrected chi connectivity index (χ1v) is 10.3. The zero-order valence-electron chi connectivity index (χ0n) is 16.8. The topological polar surface area (TPSA) is 68.8 Å². The molecule has 1 unspecified atom stereocenters. The average molecular weight is 398 g/mol. The van der Waals surface area contributed by atoms with E-state index in [0.717, 1.165) is 54.6 Å². The molecular weight excluding hydrogens is 376 g/mol. The molecule has 1 fully saturated rings. The zero-order chi connectivity index (χ0) is 20.3. The first-order chi connectivity index (χ1) is 14.6. The second-order valence-electron chi connectivity index (χ2n) is 8.45. The molecule has 1 aromatic carbocycles. The third kappa shape index (κ3) is 2.51. The molecule has 7 heteroatoms. The molecule has 1 atom stereocenters. The van der Waals surface area contributed by atoms with Crippen LogP contribution in [0.2, 0.25) is 0 Å². The predicted molar refractivity (Wildman–Crippen MR) is 113 cm³/mol. The highest BCUT2D eigenvalue weighted by Crippen LogP contribution is 2.44. The van der Waals surface area contributed by atoms with E-state index in [4.69, 9.17) is 5.10 Å². The number of aromatic nitrogens is 5. The summed E-state index contributed by atoms with van der Waals surface area (Å²) in [6.45, 7) is 2.39. The second kappa shape index (κ2) is 6.26. The number of imidazole rings is 1.